The summed E-state index contributed by atoms with van der Waals surface area (Å²) in [4.78, 5) is 0. The van der Waals surface area contributed by atoms with Gasteiger partial charge in [0.2, 0.25) is 0 Å². The van der Waals surface area contributed by atoms with Crippen molar-refractivity contribution in [3.05, 3.63) is 24.8 Å². The molecule has 2 saturated carbocycles. The number of aliphatic hydroxyl groups is 2. The van der Waals surface area contributed by atoms with Crippen molar-refractivity contribution in [2.24, 2.45) is 22.7 Å². The summed E-state index contributed by atoms with van der Waals surface area (Å²) in [6.45, 7) is 16.9. The van der Waals surface area contributed by atoms with Gasteiger partial charge in [-0.1, -0.05) is 39.0 Å². The molecule has 0 aromatic rings. The summed E-state index contributed by atoms with van der Waals surface area (Å²) in [5.41, 5.74) is 0.760. The van der Waals surface area contributed by atoms with Crippen molar-refractivity contribution in [3.63, 3.8) is 0 Å². The van der Waals surface area contributed by atoms with Crippen LogP contribution in [0.2, 0.25) is 0 Å². The lowest BCUT2D eigenvalue weighted by Crippen LogP contribution is -2.53. The van der Waals surface area contributed by atoms with E-state index in [0.717, 1.165) is 25.7 Å². The molecule has 0 bridgehead atoms. The predicted molar refractivity (Wildman–Crippen MR) is 92.5 cm³/mol. The van der Waals surface area contributed by atoms with Gasteiger partial charge in [-0.05, 0) is 68.1 Å². The summed E-state index contributed by atoms with van der Waals surface area (Å²) in [7, 11) is 0. The average molecular weight is 306 g/mol. The second-order valence-electron chi connectivity index (χ2n) is 8.96. The summed E-state index contributed by atoms with van der Waals surface area (Å²) in [5, 5.41) is 20.7. The fourth-order valence-corrected chi connectivity index (χ4v) is 5.51. The van der Waals surface area contributed by atoms with Crippen LogP contribution in [-0.2, 0) is 0 Å². The van der Waals surface area contributed by atoms with Crippen molar-refractivity contribution in [1.82, 2.24) is 0 Å². The van der Waals surface area contributed by atoms with E-state index in [1.54, 1.807) is 6.08 Å². The molecule has 2 rings (SSSR count). The van der Waals surface area contributed by atoms with Gasteiger partial charge < -0.3 is 10.2 Å². The standard InChI is InChI=1S/C20H34O2/c1-7-19(5,22)11-10-16-14(2)8-9-17-18(3,4)12-15(21)13-20(16,17)6/h7,15-17,21-22H,1-2,8-13H2,3-6H3/t15-,16-,17?,19+,20+/m1/s1. The van der Waals surface area contributed by atoms with Gasteiger partial charge in [-0.3, -0.25) is 0 Å². The lowest BCUT2D eigenvalue weighted by Gasteiger charge is -2.59. The number of fused-ring (bicyclic) bond motifs is 1. The molecule has 2 nitrogen and oxygen atoms in total. The van der Waals surface area contributed by atoms with Gasteiger partial charge in [-0.15, -0.1) is 6.58 Å². The van der Waals surface area contributed by atoms with Crippen LogP contribution >= 0.6 is 0 Å². The lowest BCUT2D eigenvalue weighted by molar-refractivity contribution is -0.108. The second-order valence-corrected chi connectivity index (χ2v) is 8.96. The SMILES string of the molecule is C=C[C@](C)(O)CC[C@@H]1C(=C)CCC2C(C)(C)C[C@@H](O)C[C@]21C. The highest BCUT2D eigenvalue weighted by molar-refractivity contribution is 5.17. The Kier molecular flexibility index (Phi) is 4.68. The van der Waals surface area contributed by atoms with E-state index in [-0.39, 0.29) is 16.9 Å². The van der Waals surface area contributed by atoms with Crippen LogP contribution in [0.15, 0.2) is 24.8 Å². The fraction of sp³-hybridized carbons (Fsp3) is 0.800. The van der Waals surface area contributed by atoms with Crippen LogP contribution in [0.25, 0.3) is 0 Å². The Morgan fingerprint density at radius 2 is 1.95 bits per heavy atom. The smallest absolute Gasteiger partial charge is 0.0797 e. The number of hydrogen-bond acceptors (Lipinski definition) is 2. The Bertz CT molecular complexity index is 449. The van der Waals surface area contributed by atoms with Crippen molar-refractivity contribution in [2.45, 2.75) is 77.9 Å². The Labute approximate surface area is 136 Å². The lowest BCUT2D eigenvalue weighted by atomic mass is 9.46. The molecule has 2 aliphatic rings. The summed E-state index contributed by atoms with van der Waals surface area (Å²) < 4.78 is 0. The topological polar surface area (TPSA) is 40.5 Å². The van der Waals surface area contributed by atoms with E-state index in [1.165, 1.54) is 12.0 Å². The molecule has 22 heavy (non-hydrogen) atoms. The zero-order chi connectivity index (χ0) is 16.8. The highest BCUT2D eigenvalue weighted by Gasteiger charge is 2.54. The zero-order valence-corrected chi connectivity index (χ0v) is 14.9. The van der Waals surface area contributed by atoms with Gasteiger partial charge in [0.1, 0.15) is 0 Å². The molecule has 2 heteroatoms. The number of aliphatic hydroxyl groups excluding tert-OH is 1. The first kappa shape index (κ1) is 17.7. The first-order valence-electron chi connectivity index (χ1n) is 8.73. The third-order valence-electron chi connectivity index (χ3n) is 6.60. The van der Waals surface area contributed by atoms with Crippen molar-refractivity contribution in [1.29, 1.82) is 0 Å². The molecule has 0 spiro atoms. The Morgan fingerprint density at radius 1 is 1.32 bits per heavy atom. The van der Waals surface area contributed by atoms with Crippen molar-refractivity contribution in [2.75, 3.05) is 0 Å². The van der Waals surface area contributed by atoms with Gasteiger partial charge >= 0.3 is 0 Å². The van der Waals surface area contributed by atoms with Crippen molar-refractivity contribution < 1.29 is 10.2 Å². The molecular weight excluding hydrogens is 272 g/mol. The van der Waals surface area contributed by atoms with Crippen LogP contribution < -0.4 is 0 Å². The molecule has 0 saturated heterocycles. The summed E-state index contributed by atoms with van der Waals surface area (Å²) >= 11 is 0. The molecule has 2 N–H and O–H groups in total. The molecule has 0 radical (unpaired) electrons. The number of allylic oxidation sites excluding steroid dienone is 1. The minimum Gasteiger partial charge on any atom is -0.393 e. The van der Waals surface area contributed by atoms with Crippen LogP contribution in [0.4, 0.5) is 0 Å². The van der Waals surface area contributed by atoms with Crippen LogP contribution in [0.5, 0.6) is 0 Å². The van der Waals surface area contributed by atoms with Gasteiger partial charge in [-0.2, -0.15) is 0 Å². The van der Waals surface area contributed by atoms with Gasteiger partial charge in [0.15, 0.2) is 0 Å². The Morgan fingerprint density at radius 3 is 2.55 bits per heavy atom. The van der Waals surface area contributed by atoms with E-state index in [0.29, 0.717) is 18.3 Å². The minimum absolute atomic E-state index is 0.0910. The Balaban J connectivity index is 2.26. The Hall–Kier alpha value is -0.600. The summed E-state index contributed by atoms with van der Waals surface area (Å²) in [6.07, 6.45) is 7.08. The molecule has 2 aliphatic carbocycles. The summed E-state index contributed by atoms with van der Waals surface area (Å²) in [5.74, 6) is 1.000. The predicted octanol–water partition coefficient (Wildman–Crippen LogP) is 4.47. The average Bonchev–Trinajstić information content (AvgIpc) is 2.35. The third kappa shape index (κ3) is 3.19. The van der Waals surface area contributed by atoms with Crippen LogP contribution in [0.3, 0.4) is 0 Å². The maximum Gasteiger partial charge on any atom is 0.0797 e. The van der Waals surface area contributed by atoms with Gasteiger partial charge in [0.25, 0.3) is 0 Å². The van der Waals surface area contributed by atoms with Gasteiger partial charge in [-0.25, -0.2) is 0 Å². The van der Waals surface area contributed by atoms with Gasteiger partial charge in [0.05, 0.1) is 11.7 Å². The molecule has 0 heterocycles. The second kappa shape index (κ2) is 5.79. The minimum atomic E-state index is -0.813. The molecule has 126 valence electrons. The van der Waals surface area contributed by atoms with E-state index >= 15 is 0 Å². The van der Waals surface area contributed by atoms with E-state index in [1.807, 2.05) is 6.92 Å². The molecule has 2 fully saturated rings. The maximum absolute atomic E-state index is 10.4. The first-order chi connectivity index (χ1) is 10.0. The maximum atomic E-state index is 10.4. The monoisotopic (exact) mass is 306 g/mol. The van der Waals surface area contributed by atoms with Crippen molar-refractivity contribution in [3.8, 4) is 0 Å². The molecular formula is C20H34O2. The van der Waals surface area contributed by atoms with Crippen LogP contribution in [0, 0.1) is 22.7 Å². The normalized spacial score (nSPS) is 40.6. The molecule has 5 atom stereocenters. The van der Waals surface area contributed by atoms with Crippen LogP contribution in [-0.4, -0.2) is 21.9 Å². The number of hydrogen-bond donors (Lipinski definition) is 2. The highest BCUT2D eigenvalue weighted by atomic mass is 16.3. The van der Waals surface area contributed by atoms with Crippen molar-refractivity contribution >= 4 is 0 Å². The van der Waals surface area contributed by atoms with E-state index in [2.05, 4.69) is 33.9 Å². The molecule has 1 unspecified atom stereocenters. The fourth-order valence-electron chi connectivity index (χ4n) is 5.51. The molecule has 0 amide bonds. The van der Waals surface area contributed by atoms with Crippen LogP contribution in [0.1, 0.15) is 66.2 Å². The van der Waals surface area contributed by atoms with E-state index in [9.17, 15) is 10.2 Å². The number of rotatable bonds is 4. The molecule has 0 aromatic carbocycles. The van der Waals surface area contributed by atoms with E-state index < -0.39 is 5.60 Å². The molecule has 0 aromatic heterocycles. The summed E-state index contributed by atoms with van der Waals surface area (Å²) in [6, 6.07) is 0. The largest absolute Gasteiger partial charge is 0.393 e. The molecule has 0 aliphatic heterocycles. The first-order valence-corrected chi connectivity index (χ1v) is 8.73. The highest BCUT2D eigenvalue weighted by Crippen LogP contribution is 2.61. The third-order valence-corrected chi connectivity index (χ3v) is 6.60. The quantitative estimate of drug-likeness (QED) is 0.752. The van der Waals surface area contributed by atoms with Gasteiger partial charge in [0, 0.05) is 0 Å². The zero-order valence-electron chi connectivity index (χ0n) is 14.9. The van der Waals surface area contributed by atoms with E-state index in [4.69, 9.17) is 0 Å².